The van der Waals surface area contributed by atoms with Gasteiger partial charge in [0.1, 0.15) is 21.3 Å². The predicted octanol–water partition coefficient (Wildman–Crippen LogP) is 4.44. The fraction of sp³-hybridized carbons (Fsp3) is 0. The maximum absolute atomic E-state index is 13.1. The first-order valence-corrected chi connectivity index (χ1v) is 13.9. The van der Waals surface area contributed by atoms with Crippen molar-refractivity contribution in [2.24, 2.45) is 0 Å². The molecule has 0 saturated heterocycles. The van der Waals surface area contributed by atoms with E-state index >= 15 is 0 Å². The smallest absolute Gasteiger partial charge is 0.340 e. The molecule has 4 rings (SSSR count). The quantitative estimate of drug-likeness (QED) is 0.125. The predicted molar refractivity (Wildman–Crippen MR) is 141 cm³/mol. The third-order valence-electron chi connectivity index (χ3n) is 5.12. The highest BCUT2D eigenvalue weighted by Gasteiger charge is 2.26. The maximum atomic E-state index is 13.1. The summed E-state index contributed by atoms with van der Waals surface area (Å²) in [6, 6.07) is 20.4. The van der Waals surface area contributed by atoms with E-state index in [1.165, 1.54) is 48.5 Å². The number of hydrogen-bond donors (Lipinski definition) is 0. The third kappa shape index (κ3) is 6.41. The van der Waals surface area contributed by atoms with Gasteiger partial charge in [0, 0.05) is 35.4 Å². The van der Waals surface area contributed by atoms with E-state index in [0.717, 1.165) is 36.4 Å². The molecule has 0 aromatic heterocycles. The fourth-order valence-electron chi connectivity index (χ4n) is 3.30. The van der Waals surface area contributed by atoms with E-state index in [1.807, 2.05) is 0 Å². The van der Waals surface area contributed by atoms with Crippen LogP contribution in [0, 0.1) is 32.1 Å². The number of rotatable bonds is 8. The lowest BCUT2D eigenvalue weighted by molar-refractivity contribution is -0.385. The standard InChI is InChI=1S/C26H16N2O10S2/c29-27(30)21-15-13-19(25(17-21)39(33,34)37-23-7-3-1-4-8-23)11-12-20-14-16-22(28(31)32)18-26(20)40(35,36)38-24-9-5-2-6-10-24/h1-10,13-18H. The molecule has 0 radical (unpaired) electrons. The second-order valence-corrected chi connectivity index (χ2v) is 10.9. The minimum atomic E-state index is -4.64. The normalized spacial score (nSPS) is 11.1. The van der Waals surface area contributed by atoms with Gasteiger partial charge in [-0.05, 0) is 36.4 Å². The molecule has 0 fully saturated rings. The van der Waals surface area contributed by atoms with Crippen LogP contribution < -0.4 is 8.37 Å². The van der Waals surface area contributed by atoms with Gasteiger partial charge in [-0.2, -0.15) is 16.8 Å². The number of non-ortho nitro benzene ring substituents is 2. The van der Waals surface area contributed by atoms with Crippen LogP contribution in [0.2, 0.25) is 0 Å². The molecule has 40 heavy (non-hydrogen) atoms. The summed E-state index contributed by atoms with van der Waals surface area (Å²) in [7, 11) is -9.28. The van der Waals surface area contributed by atoms with Crippen LogP contribution in [0.3, 0.4) is 0 Å². The van der Waals surface area contributed by atoms with E-state index in [4.69, 9.17) is 8.37 Å². The van der Waals surface area contributed by atoms with Gasteiger partial charge < -0.3 is 8.37 Å². The molecule has 0 amide bonds. The van der Waals surface area contributed by atoms with Crippen molar-refractivity contribution >= 4 is 31.6 Å². The van der Waals surface area contributed by atoms with Gasteiger partial charge in [0.05, 0.1) is 9.85 Å². The molecular weight excluding hydrogens is 564 g/mol. The molecule has 12 nitrogen and oxygen atoms in total. The molecule has 0 atom stereocenters. The van der Waals surface area contributed by atoms with Gasteiger partial charge in [0.15, 0.2) is 0 Å². The van der Waals surface area contributed by atoms with E-state index in [2.05, 4.69) is 11.8 Å². The van der Waals surface area contributed by atoms with Crippen LogP contribution in [0.25, 0.3) is 0 Å². The van der Waals surface area contributed by atoms with Crippen molar-refractivity contribution in [2.75, 3.05) is 0 Å². The molecule has 0 aliphatic carbocycles. The molecular formula is C26H16N2O10S2. The summed E-state index contributed by atoms with van der Waals surface area (Å²) < 4.78 is 62.4. The molecule has 14 heteroatoms. The largest absolute Gasteiger partial charge is 0.379 e. The molecule has 0 bridgehead atoms. The van der Waals surface area contributed by atoms with Gasteiger partial charge >= 0.3 is 20.2 Å². The van der Waals surface area contributed by atoms with Crippen molar-refractivity contribution in [3.05, 3.63) is 128 Å². The van der Waals surface area contributed by atoms with Crippen LogP contribution in [-0.4, -0.2) is 26.7 Å². The molecule has 202 valence electrons. The monoisotopic (exact) mass is 580 g/mol. The number of nitro benzene ring substituents is 2. The third-order valence-corrected chi connectivity index (χ3v) is 7.70. The molecule has 0 spiro atoms. The first-order valence-electron chi connectivity index (χ1n) is 11.0. The van der Waals surface area contributed by atoms with E-state index in [-0.39, 0.29) is 22.6 Å². The first-order chi connectivity index (χ1) is 19.0. The zero-order valence-electron chi connectivity index (χ0n) is 20.0. The Morgan fingerprint density at radius 2 is 0.900 bits per heavy atom. The Bertz CT molecular complexity index is 1750. The topological polar surface area (TPSA) is 173 Å². The van der Waals surface area contributed by atoms with Gasteiger partial charge in [-0.1, -0.05) is 48.2 Å². The summed E-state index contributed by atoms with van der Waals surface area (Å²) in [6.45, 7) is 0. The van der Waals surface area contributed by atoms with Crippen LogP contribution in [0.5, 0.6) is 11.5 Å². The highest BCUT2D eigenvalue weighted by Crippen LogP contribution is 2.27. The van der Waals surface area contributed by atoms with Crippen LogP contribution in [0.1, 0.15) is 11.1 Å². The first kappa shape index (κ1) is 27.8. The Hall–Kier alpha value is -5.26. The van der Waals surface area contributed by atoms with Crippen LogP contribution in [0.4, 0.5) is 11.4 Å². The summed E-state index contributed by atoms with van der Waals surface area (Å²) in [5.74, 6) is 4.86. The Labute approximate surface area is 228 Å². The van der Waals surface area contributed by atoms with E-state index in [1.54, 1.807) is 12.1 Å². The highest BCUT2D eigenvalue weighted by molar-refractivity contribution is 7.87. The molecule has 0 aliphatic heterocycles. The van der Waals surface area contributed by atoms with Crippen molar-refractivity contribution in [1.29, 1.82) is 0 Å². The lowest BCUT2D eigenvalue weighted by Gasteiger charge is -2.09. The van der Waals surface area contributed by atoms with Gasteiger partial charge in [-0.3, -0.25) is 20.2 Å². The van der Waals surface area contributed by atoms with E-state index in [9.17, 15) is 37.1 Å². The Balaban J connectivity index is 1.83. The van der Waals surface area contributed by atoms with Crippen molar-refractivity contribution in [2.45, 2.75) is 9.79 Å². The van der Waals surface area contributed by atoms with Gasteiger partial charge in [0.2, 0.25) is 0 Å². The second-order valence-electron chi connectivity index (χ2n) is 7.83. The molecule has 0 heterocycles. The zero-order valence-corrected chi connectivity index (χ0v) is 21.7. The van der Waals surface area contributed by atoms with Crippen molar-refractivity contribution in [1.82, 2.24) is 0 Å². The Kier molecular flexibility index (Phi) is 7.80. The SMILES string of the molecule is O=[N+]([O-])c1ccc(C#Cc2ccc([N+](=O)[O-])cc2S(=O)(=O)Oc2ccccc2)c(S(=O)(=O)Oc2ccccc2)c1. The zero-order chi connectivity index (χ0) is 28.9. The molecule has 0 unspecified atom stereocenters. The van der Waals surface area contributed by atoms with Crippen molar-refractivity contribution < 1.29 is 35.0 Å². The van der Waals surface area contributed by atoms with Crippen molar-refractivity contribution in [3.8, 4) is 23.3 Å². The number of nitro groups is 2. The van der Waals surface area contributed by atoms with Crippen LogP contribution >= 0.6 is 0 Å². The minimum absolute atomic E-state index is 0.0604. The summed E-state index contributed by atoms with van der Waals surface area (Å²) in [6.07, 6.45) is 0. The highest BCUT2D eigenvalue weighted by atomic mass is 32.2. The lowest BCUT2D eigenvalue weighted by Crippen LogP contribution is -2.12. The summed E-state index contributed by atoms with van der Waals surface area (Å²) >= 11 is 0. The average molecular weight is 581 g/mol. The van der Waals surface area contributed by atoms with Crippen molar-refractivity contribution in [3.63, 3.8) is 0 Å². The average Bonchev–Trinajstić information content (AvgIpc) is 2.92. The molecule has 4 aromatic carbocycles. The second kappa shape index (κ2) is 11.2. The molecule has 0 N–H and O–H groups in total. The van der Waals surface area contributed by atoms with Gasteiger partial charge in [-0.25, -0.2) is 0 Å². The summed E-state index contributed by atoms with van der Waals surface area (Å²) in [5, 5.41) is 22.6. The van der Waals surface area contributed by atoms with Gasteiger partial charge in [0.25, 0.3) is 11.4 Å². The summed E-state index contributed by atoms with van der Waals surface area (Å²) in [4.78, 5) is 19.7. The van der Waals surface area contributed by atoms with E-state index in [0.29, 0.717) is 0 Å². The van der Waals surface area contributed by atoms with Crippen LogP contribution in [0.15, 0.2) is 107 Å². The molecule has 0 saturated carbocycles. The number of hydrogen-bond acceptors (Lipinski definition) is 10. The molecule has 0 aliphatic rings. The molecule has 4 aromatic rings. The Morgan fingerprint density at radius 1 is 0.550 bits per heavy atom. The Morgan fingerprint density at radius 3 is 1.23 bits per heavy atom. The van der Waals surface area contributed by atoms with Gasteiger partial charge in [-0.15, -0.1) is 0 Å². The fourth-order valence-corrected chi connectivity index (χ4v) is 5.51. The number of benzene rings is 4. The van der Waals surface area contributed by atoms with E-state index < -0.39 is 51.2 Å². The lowest BCUT2D eigenvalue weighted by atomic mass is 10.1. The maximum Gasteiger partial charge on any atom is 0.340 e. The number of nitrogens with zero attached hydrogens (tertiary/aromatic N) is 2. The summed E-state index contributed by atoms with van der Waals surface area (Å²) in [5.41, 5.74) is -1.63. The van der Waals surface area contributed by atoms with Crippen LogP contribution in [-0.2, 0) is 20.2 Å². The number of para-hydroxylation sites is 2. The minimum Gasteiger partial charge on any atom is -0.379 e.